The lowest BCUT2D eigenvalue weighted by Gasteiger charge is -2.13. The Morgan fingerprint density at radius 3 is 2.35 bits per heavy atom. The van der Waals surface area contributed by atoms with E-state index in [0.29, 0.717) is 6.42 Å². The average molecular weight is 265 g/mol. The van der Waals surface area contributed by atoms with E-state index in [4.69, 9.17) is 4.74 Å². The van der Waals surface area contributed by atoms with Crippen molar-refractivity contribution in [2.75, 3.05) is 12.0 Å². The number of carbonyl (C=O) groups is 1. The molecule has 0 unspecified atom stereocenters. The Bertz CT molecular complexity index is 644. The van der Waals surface area contributed by atoms with E-state index in [-0.39, 0.29) is 5.91 Å². The van der Waals surface area contributed by atoms with Gasteiger partial charge < -0.3 is 4.74 Å². The van der Waals surface area contributed by atoms with Crippen molar-refractivity contribution in [2.45, 2.75) is 6.42 Å². The van der Waals surface area contributed by atoms with Gasteiger partial charge in [-0.3, -0.25) is 9.69 Å². The van der Waals surface area contributed by atoms with Gasteiger partial charge in [-0.2, -0.15) is 0 Å². The van der Waals surface area contributed by atoms with Gasteiger partial charge in [0.05, 0.1) is 13.5 Å². The molecule has 0 N–H and O–H groups in total. The molecule has 0 saturated carbocycles. The Kier molecular flexibility index (Phi) is 3.25. The van der Waals surface area contributed by atoms with Gasteiger partial charge in [-0.05, 0) is 35.4 Å². The highest BCUT2D eigenvalue weighted by Gasteiger charge is 2.23. The second kappa shape index (κ2) is 5.21. The SMILES string of the molecule is COc1ccc(N2C=C(c3ccccc3)CC2=O)cc1. The highest BCUT2D eigenvalue weighted by Crippen LogP contribution is 2.30. The molecule has 0 aliphatic carbocycles. The van der Waals surface area contributed by atoms with Crippen molar-refractivity contribution in [3.05, 3.63) is 66.4 Å². The number of methoxy groups -OCH3 is 1. The van der Waals surface area contributed by atoms with Crippen LogP contribution in [0.3, 0.4) is 0 Å². The molecule has 0 atom stereocenters. The van der Waals surface area contributed by atoms with Gasteiger partial charge in [-0.1, -0.05) is 30.3 Å². The lowest BCUT2D eigenvalue weighted by Crippen LogP contribution is -2.19. The summed E-state index contributed by atoms with van der Waals surface area (Å²) in [5, 5.41) is 0. The predicted octanol–water partition coefficient (Wildman–Crippen LogP) is 3.47. The van der Waals surface area contributed by atoms with Crippen molar-refractivity contribution in [2.24, 2.45) is 0 Å². The van der Waals surface area contributed by atoms with Gasteiger partial charge in [0.25, 0.3) is 0 Å². The Morgan fingerprint density at radius 1 is 1.00 bits per heavy atom. The number of nitrogens with zero attached hydrogens (tertiary/aromatic N) is 1. The minimum Gasteiger partial charge on any atom is -0.497 e. The lowest BCUT2D eigenvalue weighted by atomic mass is 10.1. The second-order valence-corrected chi connectivity index (χ2v) is 4.66. The van der Waals surface area contributed by atoms with Crippen molar-refractivity contribution in [1.29, 1.82) is 0 Å². The van der Waals surface area contributed by atoms with Crippen LogP contribution in [0.4, 0.5) is 5.69 Å². The minimum atomic E-state index is 0.0917. The van der Waals surface area contributed by atoms with Crippen molar-refractivity contribution < 1.29 is 9.53 Å². The maximum atomic E-state index is 12.2. The number of carbonyl (C=O) groups excluding carboxylic acids is 1. The Labute approximate surface area is 118 Å². The van der Waals surface area contributed by atoms with Crippen LogP contribution in [0, 0.1) is 0 Å². The van der Waals surface area contributed by atoms with E-state index in [1.165, 1.54) is 0 Å². The van der Waals surface area contributed by atoms with Gasteiger partial charge >= 0.3 is 0 Å². The van der Waals surface area contributed by atoms with Crippen LogP contribution >= 0.6 is 0 Å². The van der Waals surface area contributed by atoms with Crippen LogP contribution in [0.1, 0.15) is 12.0 Å². The van der Waals surface area contributed by atoms with Crippen LogP contribution in [0.25, 0.3) is 5.57 Å². The summed E-state index contributed by atoms with van der Waals surface area (Å²) in [6.45, 7) is 0. The maximum Gasteiger partial charge on any atom is 0.235 e. The van der Waals surface area contributed by atoms with Crippen LogP contribution in [-0.2, 0) is 4.79 Å². The molecule has 2 aromatic rings. The van der Waals surface area contributed by atoms with Crippen LogP contribution < -0.4 is 9.64 Å². The molecule has 100 valence electrons. The van der Waals surface area contributed by atoms with E-state index >= 15 is 0 Å². The zero-order chi connectivity index (χ0) is 13.9. The fourth-order valence-corrected chi connectivity index (χ4v) is 2.31. The summed E-state index contributed by atoms with van der Waals surface area (Å²) in [7, 11) is 1.63. The first kappa shape index (κ1) is 12.5. The highest BCUT2D eigenvalue weighted by molar-refractivity contribution is 6.07. The molecule has 3 nitrogen and oxygen atoms in total. The molecule has 2 aromatic carbocycles. The predicted molar refractivity (Wildman–Crippen MR) is 79.5 cm³/mol. The summed E-state index contributed by atoms with van der Waals surface area (Å²) in [5.74, 6) is 0.877. The summed E-state index contributed by atoms with van der Waals surface area (Å²) >= 11 is 0. The quantitative estimate of drug-likeness (QED) is 0.850. The number of hydrogen-bond donors (Lipinski definition) is 0. The number of hydrogen-bond acceptors (Lipinski definition) is 2. The van der Waals surface area contributed by atoms with Gasteiger partial charge in [-0.25, -0.2) is 0 Å². The molecule has 0 fully saturated rings. The minimum absolute atomic E-state index is 0.0917. The number of rotatable bonds is 3. The van der Waals surface area contributed by atoms with Gasteiger partial charge in [-0.15, -0.1) is 0 Å². The molecule has 20 heavy (non-hydrogen) atoms. The summed E-state index contributed by atoms with van der Waals surface area (Å²) in [5.41, 5.74) is 3.00. The second-order valence-electron chi connectivity index (χ2n) is 4.66. The van der Waals surface area contributed by atoms with E-state index in [1.807, 2.05) is 60.8 Å². The molecule has 1 aliphatic heterocycles. The molecule has 3 rings (SSSR count). The molecule has 0 spiro atoms. The molecule has 1 amide bonds. The molecule has 3 heteroatoms. The topological polar surface area (TPSA) is 29.5 Å². The normalized spacial score (nSPS) is 14.3. The smallest absolute Gasteiger partial charge is 0.235 e. The molecule has 0 saturated heterocycles. The summed E-state index contributed by atoms with van der Waals surface area (Å²) in [4.78, 5) is 13.9. The van der Waals surface area contributed by atoms with Gasteiger partial charge in [0.2, 0.25) is 5.91 Å². The average Bonchev–Trinajstić information content (AvgIpc) is 2.90. The fourth-order valence-electron chi connectivity index (χ4n) is 2.31. The van der Waals surface area contributed by atoms with Crippen LogP contribution in [0.15, 0.2) is 60.8 Å². The molecule has 1 heterocycles. The van der Waals surface area contributed by atoms with Crippen LogP contribution in [-0.4, -0.2) is 13.0 Å². The molecule has 0 radical (unpaired) electrons. The molecular formula is C17H15NO2. The third-order valence-corrected chi connectivity index (χ3v) is 3.39. The largest absolute Gasteiger partial charge is 0.497 e. The van der Waals surface area contributed by atoms with E-state index in [9.17, 15) is 4.79 Å². The summed E-state index contributed by atoms with van der Waals surface area (Å²) < 4.78 is 5.13. The van der Waals surface area contributed by atoms with Crippen molar-refractivity contribution in [3.8, 4) is 5.75 Å². The standard InChI is InChI=1S/C17H15NO2/c1-20-16-9-7-15(8-10-16)18-12-14(11-17(18)19)13-5-3-2-4-6-13/h2-10,12H,11H2,1H3. The number of ether oxygens (including phenoxy) is 1. The van der Waals surface area contributed by atoms with E-state index in [1.54, 1.807) is 12.0 Å². The highest BCUT2D eigenvalue weighted by atomic mass is 16.5. The van der Waals surface area contributed by atoms with E-state index in [0.717, 1.165) is 22.6 Å². The fraction of sp³-hybridized carbons (Fsp3) is 0.118. The first-order valence-electron chi connectivity index (χ1n) is 6.50. The number of anilines is 1. The Hall–Kier alpha value is -2.55. The molecule has 0 bridgehead atoms. The summed E-state index contributed by atoms with van der Waals surface area (Å²) in [6, 6.07) is 17.5. The van der Waals surface area contributed by atoms with Gasteiger partial charge in [0, 0.05) is 11.9 Å². The first-order valence-corrected chi connectivity index (χ1v) is 6.50. The lowest BCUT2D eigenvalue weighted by molar-refractivity contribution is -0.116. The number of benzene rings is 2. The van der Waals surface area contributed by atoms with Crippen molar-refractivity contribution in [1.82, 2.24) is 0 Å². The molecule has 0 aromatic heterocycles. The Morgan fingerprint density at radius 2 is 1.70 bits per heavy atom. The van der Waals surface area contributed by atoms with Crippen LogP contribution in [0.2, 0.25) is 0 Å². The molecular weight excluding hydrogens is 250 g/mol. The summed E-state index contributed by atoms with van der Waals surface area (Å²) in [6.07, 6.45) is 2.36. The van der Waals surface area contributed by atoms with Gasteiger partial charge in [0.1, 0.15) is 5.75 Å². The third kappa shape index (κ3) is 2.30. The zero-order valence-electron chi connectivity index (χ0n) is 11.2. The first-order chi connectivity index (χ1) is 9.78. The monoisotopic (exact) mass is 265 g/mol. The third-order valence-electron chi connectivity index (χ3n) is 3.39. The van der Waals surface area contributed by atoms with Gasteiger partial charge in [0.15, 0.2) is 0 Å². The maximum absolute atomic E-state index is 12.2. The number of amides is 1. The van der Waals surface area contributed by atoms with Crippen LogP contribution in [0.5, 0.6) is 5.75 Å². The van der Waals surface area contributed by atoms with E-state index < -0.39 is 0 Å². The zero-order valence-corrected chi connectivity index (χ0v) is 11.2. The van der Waals surface area contributed by atoms with Crippen molar-refractivity contribution >= 4 is 17.2 Å². The Balaban J connectivity index is 1.90. The molecule has 1 aliphatic rings. The van der Waals surface area contributed by atoms with E-state index in [2.05, 4.69) is 0 Å². The van der Waals surface area contributed by atoms with Crippen molar-refractivity contribution in [3.63, 3.8) is 0 Å².